The van der Waals surface area contributed by atoms with E-state index in [4.69, 9.17) is 9.15 Å². The Kier molecular flexibility index (Phi) is 3.17. The van der Waals surface area contributed by atoms with E-state index in [0.29, 0.717) is 0 Å². The Balaban J connectivity index is 2.09. The summed E-state index contributed by atoms with van der Waals surface area (Å²) in [6, 6.07) is 1.55. The molecule has 0 N–H and O–H groups in total. The van der Waals surface area contributed by atoms with Gasteiger partial charge in [-0.3, -0.25) is 4.79 Å². The molecule has 0 radical (unpaired) electrons. The van der Waals surface area contributed by atoms with Gasteiger partial charge in [-0.1, -0.05) is 13.8 Å². The molecule has 2 rings (SSSR count). The summed E-state index contributed by atoms with van der Waals surface area (Å²) in [5.41, 5.74) is 0.761. The standard InChI is InChI=1S/C12H15NO4/c1-8(2)10-7-17-12(15)13(10)11(14)5-9-3-4-16-6-9/h3-4,6,8,10H,5,7H2,1-2H3/t10-/m1/s1. The number of rotatable bonds is 3. The number of hydrogen-bond acceptors (Lipinski definition) is 4. The predicted molar refractivity (Wildman–Crippen MR) is 59.2 cm³/mol. The lowest BCUT2D eigenvalue weighted by molar-refractivity contribution is -0.129. The van der Waals surface area contributed by atoms with Crippen molar-refractivity contribution in [1.29, 1.82) is 0 Å². The summed E-state index contributed by atoms with van der Waals surface area (Å²) in [6.45, 7) is 4.21. The van der Waals surface area contributed by atoms with Gasteiger partial charge in [-0.05, 0) is 17.5 Å². The molecule has 1 fully saturated rings. The lowest BCUT2D eigenvalue weighted by atomic mass is 10.0. The van der Waals surface area contributed by atoms with Gasteiger partial charge in [0, 0.05) is 0 Å². The predicted octanol–water partition coefficient (Wildman–Crippen LogP) is 1.83. The lowest BCUT2D eigenvalue weighted by Gasteiger charge is -2.22. The van der Waals surface area contributed by atoms with Crippen LogP contribution in [0.4, 0.5) is 4.79 Å². The number of cyclic esters (lactones) is 1. The fourth-order valence-electron chi connectivity index (χ4n) is 1.87. The molecule has 0 bridgehead atoms. The van der Waals surface area contributed by atoms with Crippen LogP contribution in [0.3, 0.4) is 0 Å². The van der Waals surface area contributed by atoms with Crippen LogP contribution >= 0.6 is 0 Å². The Morgan fingerprint density at radius 2 is 2.35 bits per heavy atom. The molecular weight excluding hydrogens is 222 g/mol. The third-order valence-electron chi connectivity index (χ3n) is 2.88. The van der Waals surface area contributed by atoms with E-state index in [0.717, 1.165) is 5.56 Å². The number of furan rings is 1. The second-order valence-corrected chi connectivity index (χ2v) is 4.46. The highest BCUT2D eigenvalue weighted by atomic mass is 16.6. The normalized spacial score (nSPS) is 19.8. The SMILES string of the molecule is CC(C)[C@H]1COC(=O)N1C(=O)Cc1ccoc1. The summed E-state index contributed by atoms with van der Waals surface area (Å²) in [4.78, 5) is 24.8. The maximum Gasteiger partial charge on any atom is 0.416 e. The third kappa shape index (κ3) is 2.33. The molecule has 5 heteroatoms. The fourth-order valence-corrected chi connectivity index (χ4v) is 1.87. The topological polar surface area (TPSA) is 59.8 Å². The molecule has 1 aromatic rings. The monoisotopic (exact) mass is 237 g/mol. The van der Waals surface area contributed by atoms with Crippen LogP contribution in [0.5, 0.6) is 0 Å². The summed E-state index contributed by atoms with van der Waals surface area (Å²) in [6.07, 6.45) is 2.63. The summed E-state index contributed by atoms with van der Waals surface area (Å²) in [5, 5.41) is 0. The quantitative estimate of drug-likeness (QED) is 0.804. The average Bonchev–Trinajstić information content (AvgIpc) is 2.86. The van der Waals surface area contributed by atoms with E-state index >= 15 is 0 Å². The number of ether oxygens (including phenoxy) is 1. The van der Waals surface area contributed by atoms with E-state index in [1.54, 1.807) is 6.07 Å². The zero-order chi connectivity index (χ0) is 12.4. The largest absolute Gasteiger partial charge is 0.472 e. The average molecular weight is 237 g/mol. The van der Waals surface area contributed by atoms with Crippen LogP contribution < -0.4 is 0 Å². The molecule has 1 atom stereocenters. The number of hydrogen-bond donors (Lipinski definition) is 0. The summed E-state index contributed by atoms with van der Waals surface area (Å²) < 4.78 is 9.81. The molecule has 0 saturated carbocycles. The Labute approximate surface area is 99.3 Å². The first kappa shape index (κ1) is 11.7. The van der Waals surface area contributed by atoms with Gasteiger partial charge in [-0.15, -0.1) is 0 Å². The van der Waals surface area contributed by atoms with Crippen molar-refractivity contribution >= 4 is 12.0 Å². The van der Waals surface area contributed by atoms with Crippen molar-refractivity contribution < 1.29 is 18.7 Å². The van der Waals surface area contributed by atoms with Gasteiger partial charge in [0.05, 0.1) is 25.0 Å². The van der Waals surface area contributed by atoms with Gasteiger partial charge in [-0.25, -0.2) is 9.69 Å². The zero-order valence-corrected chi connectivity index (χ0v) is 9.88. The Morgan fingerprint density at radius 3 is 2.94 bits per heavy atom. The molecule has 0 aliphatic carbocycles. The zero-order valence-electron chi connectivity index (χ0n) is 9.88. The summed E-state index contributed by atoms with van der Waals surface area (Å²) >= 11 is 0. The first-order valence-electron chi connectivity index (χ1n) is 5.59. The Hall–Kier alpha value is -1.78. The second kappa shape index (κ2) is 4.61. The number of nitrogens with zero attached hydrogens (tertiary/aromatic N) is 1. The summed E-state index contributed by atoms with van der Waals surface area (Å²) in [7, 11) is 0. The lowest BCUT2D eigenvalue weighted by Crippen LogP contribution is -2.42. The van der Waals surface area contributed by atoms with E-state index in [2.05, 4.69) is 0 Å². The number of carbonyl (C=O) groups is 2. The van der Waals surface area contributed by atoms with Crippen molar-refractivity contribution in [2.24, 2.45) is 5.92 Å². The number of imide groups is 1. The Morgan fingerprint density at radius 1 is 1.59 bits per heavy atom. The van der Waals surface area contributed by atoms with Crippen LogP contribution in [0, 0.1) is 5.92 Å². The van der Waals surface area contributed by atoms with Crippen LogP contribution in [-0.2, 0) is 16.0 Å². The van der Waals surface area contributed by atoms with Gasteiger partial charge in [-0.2, -0.15) is 0 Å². The number of amides is 2. The van der Waals surface area contributed by atoms with Gasteiger partial charge >= 0.3 is 6.09 Å². The van der Waals surface area contributed by atoms with Crippen molar-refractivity contribution in [1.82, 2.24) is 4.90 Å². The van der Waals surface area contributed by atoms with Gasteiger partial charge in [0.2, 0.25) is 5.91 Å². The molecule has 2 heterocycles. The maximum atomic E-state index is 12.0. The number of carbonyl (C=O) groups excluding carboxylic acids is 2. The van der Waals surface area contributed by atoms with E-state index in [1.807, 2.05) is 13.8 Å². The van der Waals surface area contributed by atoms with E-state index < -0.39 is 6.09 Å². The maximum absolute atomic E-state index is 12.0. The molecule has 17 heavy (non-hydrogen) atoms. The second-order valence-electron chi connectivity index (χ2n) is 4.46. The Bertz CT molecular complexity index is 410. The first-order valence-corrected chi connectivity index (χ1v) is 5.59. The van der Waals surface area contributed by atoms with Crippen LogP contribution in [0.2, 0.25) is 0 Å². The molecule has 92 valence electrons. The molecule has 5 nitrogen and oxygen atoms in total. The molecule has 1 aromatic heterocycles. The highest BCUT2D eigenvalue weighted by molar-refractivity contribution is 5.94. The molecule has 1 saturated heterocycles. The van der Waals surface area contributed by atoms with Crippen LogP contribution in [0.15, 0.2) is 23.0 Å². The minimum absolute atomic E-state index is 0.162. The third-order valence-corrected chi connectivity index (χ3v) is 2.88. The highest BCUT2D eigenvalue weighted by Crippen LogP contribution is 2.20. The van der Waals surface area contributed by atoms with Crippen molar-refractivity contribution in [2.75, 3.05) is 6.61 Å². The van der Waals surface area contributed by atoms with Crippen molar-refractivity contribution in [3.63, 3.8) is 0 Å². The van der Waals surface area contributed by atoms with Crippen LogP contribution in [0.25, 0.3) is 0 Å². The summed E-state index contributed by atoms with van der Waals surface area (Å²) in [5.74, 6) is -0.0534. The van der Waals surface area contributed by atoms with E-state index in [1.165, 1.54) is 17.4 Å². The van der Waals surface area contributed by atoms with Gasteiger partial charge < -0.3 is 9.15 Å². The van der Waals surface area contributed by atoms with Crippen molar-refractivity contribution in [2.45, 2.75) is 26.3 Å². The smallest absolute Gasteiger partial charge is 0.416 e. The van der Waals surface area contributed by atoms with E-state index in [-0.39, 0.29) is 30.9 Å². The molecule has 0 spiro atoms. The minimum Gasteiger partial charge on any atom is -0.472 e. The molecule has 2 amide bonds. The molecule has 0 aromatic carbocycles. The molecule has 1 aliphatic heterocycles. The highest BCUT2D eigenvalue weighted by Gasteiger charge is 2.39. The minimum atomic E-state index is -0.544. The van der Waals surface area contributed by atoms with Crippen LogP contribution in [-0.4, -0.2) is 29.5 Å². The fraction of sp³-hybridized carbons (Fsp3) is 0.500. The molecular formula is C12H15NO4. The molecule has 1 aliphatic rings. The van der Waals surface area contributed by atoms with Crippen molar-refractivity contribution in [3.05, 3.63) is 24.2 Å². The molecule has 0 unspecified atom stereocenters. The van der Waals surface area contributed by atoms with Gasteiger partial charge in [0.15, 0.2) is 0 Å². The van der Waals surface area contributed by atoms with Gasteiger partial charge in [0.1, 0.15) is 6.61 Å². The van der Waals surface area contributed by atoms with Crippen LogP contribution in [0.1, 0.15) is 19.4 Å². The van der Waals surface area contributed by atoms with E-state index in [9.17, 15) is 9.59 Å². The first-order chi connectivity index (χ1) is 8.09. The van der Waals surface area contributed by atoms with Crippen molar-refractivity contribution in [3.8, 4) is 0 Å². The van der Waals surface area contributed by atoms with Gasteiger partial charge in [0.25, 0.3) is 0 Å².